The fourth-order valence-corrected chi connectivity index (χ4v) is 2.86. The van der Waals surface area contributed by atoms with E-state index in [-0.39, 0.29) is 18.4 Å². The molecule has 0 spiro atoms. The van der Waals surface area contributed by atoms with Gasteiger partial charge in [-0.15, -0.1) is 0 Å². The van der Waals surface area contributed by atoms with Crippen molar-refractivity contribution in [2.45, 2.75) is 26.7 Å². The molecule has 7 heteroatoms. The second-order valence-electron chi connectivity index (χ2n) is 6.05. The molecule has 0 aromatic heterocycles. The molecule has 2 aromatic rings. The zero-order valence-electron chi connectivity index (χ0n) is 14.6. The van der Waals surface area contributed by atoms with Gasteiger partial charge in [0.1, 0.15) is 5.75 Å². The molecule has 2 rings (SSSR count). The summed E-state index contributed by atoms with van der Waals surface area (Å²) in [4.78, 5) is 12.0. The fourth-order valence-electron chi connectivity index (χ4n) is 2.19. The summed E-state index contributed by atoms with van der Waals surface area (Å²) in [6, 6.07) is 9.02. The van der Waals surface area contributed by atoms with Gasteiger partial charge in [-0.1, -0.05) is 59.0 Å². The van der Waals surface area contributed by atoms with Gasteiger partial charge in [0.15, 0.2) is 6.61 Å². The van der Waals surface area contributed by atoms with E-state index in [0.29, 0.717) is 15.8 Å². The van der Waals surface area contributed by atoms with Gasteiger partial charge < -0.3 is 4.74 Å². The predicted octanol–water partition coefficient (Wildman–Crippen LogP) is 5.72. The number of hydrogen-bond donors (Lipinski definition) is 1. The molecule has 2 aromatic carbocycles. The van der Waals surface area contributed by atoms with E-state index in [1.54, 1.807) is 18.2 Å². The second-order valence-corrected chi connectivity index (χ2v) is 7.72. The van der Waals surface area contributed by atoms with E-state index in [2.05, 4.69) is 40.3 Å². The van der Waals surface area contributed by atoms with Gasteiger partial charge in [0.25, 0.3) is 5.91 Å². The van der Waals surface area contributed by atoms with Crippen molar-refractivity contribution >= 4 is 51.3 Å². The Hall–Kier alpha value is -1.56. The first kappa shape index (κ1) is 20.7. The highest BCUT2D eigenvalue weighted by Crippen LogP contribution is 2.32. The van der Waals surface area contributed by atoms with E-state index in [1.165, 1.54) is 6.21 Å². The first-order valence-electron chi connectivity index (χ1n) is 7.97. The van der Waals surface area contributed by atoms with Gasteiger partial charge in [-0.25, -0.2) is 5.43 Å². The van der Waals surface area contributed by atoms with Crippen LogP contribution in [0.2, 0.25) is 10.0 Å². The summed E-state index contributed by atoms with van der Waals surface area (Å²) in [5.41, 5.74) is 5.24. The molecule has 0 aliphatic carbocycles. The minimum atomic E-state index is -0.350. The van der Waals surface area contributed by atoms with E-state index >= 15 is 0 Å². The zero-order chi connectivity index (χ0) is 19.3. The average molecular weight is 458 g/mol. The molecule has 0 fully saturated rings. The lowest BCUT2D eigenvalue weighted by molar-refractivity contribution is -0.123. The molecule has 0 radical (unpaired) electrons. The van der Waals surface area contributed by atoms with Crippen LogP contribution in [0.1, 0.15) is 36.5 Å². The Morgan fingerprint density at radius 2 is 2.00 bits per heavy atom. The standard InChI is InChI=1S/C19H19BrCl2N2O2/c1-11(2)14-8-15(20)12(3)6-18(14)26-10-19(25)24-23-9-13-4-5-16(21)17(22)7-13/h4-9,11H,10H2,1-3H3,(H,24,25)/b23-9+. The number of nitrogens with one attached hydrogen (secondary N) is 1. The summed E-state index contributed by atoms with van der Waals surface area (Å²) in [7, 11) is 0. The Balaban J connectivity index is 1.95. The van der Waals surface area contributed by atoms with E-state index in [1.807, 2.05) is 19.1 Å². The Bertz CT molecular complexity index is 839. The van der Waals surface area contributed by atoms with Crippen molar-refractivity contribution in [3.63, 3.8) is 0 Å². The first-order valence-corrected chi connectivity index (χ1v) is 9.52. The highest BCUT2D eigenvalue weighted by atomic mass is 79.9. The number of halogens is 3. The summed E-state index contributed by atoms with van der Waals surface area (Å²) in [6.45, 7) is 6.00. The largest absolute Gasteiger partial charge is 0.483 e. The second kappa shape index (κ2) is 9.40. The lowest BCUT2D eigenvalue weighted by Gasteiger charge is -2.15. The van der Waals surface area contributed by atoms with Gasteiger partial charge in [0.2, 0.25) is 0 Å². The molecule has 138 valence electrons. The number of aryl methyl sites for hydroxylation is 1. The Morgan fingerprint density at radius 1 is 1.27 bits per heavy atom. The van der Waals surface area contributed by atoms with Gasteiger partial charge in [0, 0.05) is 4.47 Å². The summed E-state index contributed by atoms with van der Waals surface area (Å²) in [5, 5.41) is 4.79. The Morgan fingerprint density at radius 3 is 2.65 bits per heavy atom. The molecule has 0 saturated carbocycles. The van der Waals surface area contributed by atoms with E-state index in [9.17, 15) is 4.79 Å². The van der Waals surface area contributed by atoms with Crippen molar-refractivity contribution in [1.82, 2.24) is 5.43 Å². The van der Waals surface area contributed by atoms with Gasteiger partial charge in [-0.05, 0) is 53.8 Å². The quantitative estimate of drug-likeness (QED) is 0.445. The van der Waals surface area contributed by atoms with Crippen LogP contribution in [0.15, 0.2) is 39.9 Å². The van der Waals surface area contributed by atoms with Crippen molar-refractivity contribution in [3.8, 4) is 5.75 Å². The molecule has 0 aliphatic rings. The van der Waals surface area contributed by atoms with Crippen molar-refractivity contribution in [2.24, 2.45) is 5.10 Å². The normalized spacial score (nSPS) is 11.2. The summed E-state index contributed by atoms with van der Waals surface area (Å²) in [5.74, 6) is 0.624. The number of hydrazone groups is 1. The number of benzene rings is 2. The first-order chi connectivity index (χ1) is 12.3. The van der Waals surface area contributed by atoms with E-state index in [0.717, 1.165) is 21.2 Å². The molecule has 0 unspecified atom stereocenters. The zero-order valence-corrected chi connectivity index (χ0v) is 17.7. The number of carbonyl (C=O) groups is 1. The molecular weight excluding hydrogens is 439 g/mol. The maximum absolute atomic E-state index is 12.0. The molecule has 0 heterocycles. The highest BCUT2D eigenvalue weighted by molar-refractivity contribution is 9.10. The smallest absolute Gasteiger partial charge is 0.277 e. The number of ether oxygens (including phenoxy) is 1. The Labute approximate surface area is 171 Å². The monoisotopic (exact) mass is 456 g/mol. The predicted molar refractivity (Wildman–Crippen MR) is 111 cm³/mol. The van der Waals surface area contributed by atoms with E-state index < -0.39 is 0 Å². The lowest BCUT2D eigenvalue weighted by Crippen LogP contribution is -2.25. The number of hydrogen-bond acceptors (Lipinski definition) is 3. The molecule has 0 aliphatic heterocycles. The van der Waals surface area contributed by atoms with Crippen LogP contribution < -0.4 is 10.2 Å². The van der Waals surface area contributed by atoms with Crippen LogP contribution in [0.25, 0.3) is 0 Å². The van der Waals surface area contributed by atoms with Crippen molar-refractivity contribution < 1.29 is 9.53 Å². The average Bonchev–Trinajstić information content (AvgIpc) is 2.58. The third-order valence-electron chi connectivity index (χ3n) is 3.62. The van der Waals surface area contributed by atoms with Crippen LogP contribution in [0.5, 0.6) is 5.75 Å². The molecular formula is C19H19BrCl2N2O2. The third-order valence-corrected chi connectivity index (χ3v) is 5.21. The van der Waals surface area contributed by atoms with Gasteiger partial charge in [-0.2, -0.15) is 5.10 Å². The van der Waals surface area contributed by atoms with Crippen LogP contribution in [0.3, 0.4) is 0 Å². The van der Waals surface area contributed by atoms with Crippen LogP contribution in [-0.2, 0) is 4.79 Å². The van der Waals surface area contributed by atoms with Crippen LogP contribution in [0, 0.1) is 6.92 Å². The molecule has 0 bridgehead atoms. The maximum atomic E-state index is 12.0. The molecule has 1 N–H and O–H groups in total. The van der Waals surface area contributed by atoms with Crippen LogP contribution >= 0.6 is 39.1 Å². The molecule has 0 saturated heterocycles. The topological polar surface area (TPSA) is 50.7 Å². The summed E-state index contributed by atoms with van der Waals surface area (Å²) in [6.07, 6.45) is 1.49. The minimum absolute atomic E-state index is 0.125. The number of rotatable bonds is 6. The third kappa shape index (κ3) is 5.73. The summed E-state index contributed by atoms with van der Waals surface area (Å²) < 4.78 is 6.71. The number of nitrogens with zero attached hydrogens (tertiary/aromatic N) is 1. The van der Waals surface area contributed by atoms with Gasteiger partial charge in [0.05, 0.1) is 16.3 Å². The Kier molecular flexibility index (Phi) is 7.50. The lowest BCUT2D eigenvalue weighted by atomic mass is 10.0. The fraction of sp³-hybridized carbons (Fsp3) is 0.263. The maximum Gasteiger partial charge on any atom is 0.277 e. The molecule has 26 heavy (non-hydrogen) atoms. The molecule has 4 nitrogen and oxygen atoms in total. The van der Waals surface area contributed by atoms with Gasteiger partial charge in [-0.3, -0.25) is 4.79 Å². The van der Waals surface area contributed by atoms with E-state index in [4.69, 9.17) is 27.9 Å². The molecule has 1 amide bonds. The minimum Gasteiger partial charge on any atom is -0.483 e. The summed E-state index contributed by atoms with van der Waals surface area (Å²) >= 11 is 15.3. The SMILES string of the molecule is Cc1cc(OCC(=O)N/N=C/c2ccc(Cl)c(Cl)c2)c(C(C)C)cc1Br. The van der Waals surface area contributed by atoms with Crippen LogP contribution in [-0.4, -0.2) is 18.7 Å². The molecule has 0 atom stereocenters. The van der Waals surface area contributed by atoms with Crippen molar-refractivity contribution in [1.29, 1.82) is 0 Å². The highest BCUT2D eigenvalue weighted by Gasteiger charge is 2.12. The van der Waals surface area contributed by atoms with Crippen LogP contribution in [0.4, 0.5) is 0 Å². The van der Waals surface area contributed by atoms with Gasteiger partial charge >= 0.3 is 0 Å². The van der Waals surface area contributed by atoms with Crippen molar-refractivity contribution in [3.05, 3.63) is 61.5 Å². The number of amides is 1. The number of carbonyl (C=O) groups excluding carboxylic acids is 1. The van der Waals surface area contributed by atoms with Crippen molar-refractivity contribution in [2.75, 3.05) is 6.61 Å².